The minimum absolute atomic E-state index is 0.165. The van der Waals surface area contributed by atoms with Crippen LogP contribution < -0.4 is 5.73 Å². The van der Waals surface area contributed by atoms with E-state index in [9.17, 15) is 4.39 Å². The zero-order valence-corrected chi connectivity index (χ0v) is 10.9. The highest BCUT2D eigenvalue weighted by atomic mass is 79.9. The van der Waals surface area contributed by atoms with Gasteiger partial charge in [0.2, 0.25) is 0 Å². The van der Waals surface area contributed by atoms with Gasteiger partial charge in [0.05, 0.1) is 0 Å². The summed E-state index contributed by atoms with van der Waals surface area (Å²) in [7, 11) is 0. The number of hydrogen-bond donors (Lipinski definition) is 1. The predicted octanol–water partition coefficient (Wildman–Crippen LogP) is 3.89. The first-order chi connectivity index (χ1) is 7.65. The van der Waals surface area contributed by atoms with Crippen molar-refractivity contribution in [3.8, 4) is 0 Å². The Labute approximate surface area is 106 Å². The van der Waals surface area contributed by atoms with Gasteiger partial charge in [-0.2, -0.15) is 11.3 Å². The maximum absolute atomic E-state index is 13.2. The molecule has 0 bridgehead atoms. The lowest BCUT2D eigenvalue weighted by Gasteiger charge is -2.11. The second kappa shape index (κ2) is 5.08. The molecule has 1 aromatic heterocycles. The van der Waals surface area contributed by atoms with Crippen LogP contribution in [0.25, 0.3) is 0 Å². The van der Waals surface area contributed by atoms with Gasteiger partial charge in [0.1, 0.15) is 5.82 Å². The van der Waals surface area contributed by atoms with Gasteiger partial charge in [0, 0.05) is 10.5 Å². The monoisotopic (exact) mass is 299 g/mol. The molecule has 2 N–H and O–H groups in total. The molecule has 0 aliphatic rings. The third-order valence-corrected chi connectivity index (χ3v) is 3.54. The van der Waals surface area contributed by atoms with Crippen LogP contribution in [0.15, 0.2) is 39.5 Å². The average Bonchev–Trinajstić information content (AvgIpc) is 2.68. The van der Waals surface area contributed by atoms with E-state index in [0.29, 0.717) is 0 Å². The van der Waals surface area contributed by atoms with E-state index in [2.05, 4.69) is 21.3 Å². The van der Waals surface area contributed by atoms with Gasteiger partial charge in [0.15, 0.2) is 0 Å². The molecular weight excluding hydrogens is 289 g/mol. The molecule has 1 heterocycles. The first kappa shape index (κ1) is 11.8. The van der Waals surface area contributed by atoms with Crippen molar-refractivity contribution in [2.24, 2.45) is 5.73 Å². The highest BCUT2D eigenvalue weighted by Crippen LogP contribution is 2.22. The zero-order valence-electron chi connectivity index (χ0n) is 8.49. The van der Waals surface area contributed by atoms with E-state index in [1.165, 1.54) is 17.7 Å². The van der Waals surface area contributed by atoms with Crippen LogP contribution in [0.3, 0.4) is 0 Å². The number of hydrogen-bond acceptors (Lipinski definition) is 2. The molecule has 4 heteroatoms. The van der Waals surface area contributed by atoms with Gasteiger partial charge in [-0.05, 0) is 52.6 Å². The van der Waals surface area contributed by atoms with Crippen molar-refractivity contribution in [2.45, 2.75) is 12.5 Å². The number of halogens is 2. The Balaban J connectivity index is 2.17. The molecule has 2 aromatic rings. The highest BCUT2D eigenvalue weighted by molar-refractivity contribution is 9.10. The van der Waals surface area contributed by atoms with Gasteiger partial charge < -0.3 is 5.73 Å². The molecule has 1 aromatic carbocycles. The van der Waals surface area contributed by atoms with Crippen molar-refractivity contribution in [3.63, 3.8) is 0 Å². The van der Waals surface area contributed by atoms with Gasteiger partial charge >= 0.3 is 0 Å². The Kier molecular flexibility index (Phi) is 3.74. The van der Waals surface area contributed by atoms with E-state index in [-0.39, 0.29) is 11.9 Å². The molecule has 2 rings (SSSR count). The molecule has 84 valence electrons. The Bertz CT molecular complexity index is 450. The molecule has 0 aliphatic carbocycles. The largest absolute Gasteiger partial charge is 0.324 e. The molecule has 1 unspecified atom stereocenters. The first-order valence-electron chi connectivity index (χ1n) is 4.88. The van der Waals surface area contributed by atoms with Crippen LogP contribution in [0.2, 0.25) is 0 Å². The molecule has 0 radical (unpaired) electrons. The first-order valence-corrected chi connectivity index (χ1v) is 6.61. The molecule has 1 atom stereocenters. The standard InChI is InChI=1S/C12H11BrFNS/c13-10-4-9(5-11(14)6-10)12(15)3-8-1-2-16-7-8/h1-2,4-7,12H,3,15H2. The number of rotatable bonds is 3. The van der Waals surface area contributed by atoms with E-state index >= 15 is 0 Å². The molecule has 0 aliphatic heterocycles. The third-order valence-electron chi connectivity index (χ3n) is 2.35. The molecule has 0 fully saturated rings. The smallest absolute Gasteiger partial charge is 0.124 e. The SMILES string of the molecule is NC(Cc1ccsc1)c1cc(F)cc(Br)c1. The van der Waals surface area contributed by atoms with Crippen LogP contribution in [0, 0.1) is 5.82 Å². The maximum Gasteiger partial charge on any atom is 0.124 e. The van der Waals surface area contributed by atoms with Gasteiger partial charge in [-0.15, -0.1) is 0 Å². The molecule has 0 spiro atoms. The fraction of sp³-hybridized carbons (Fsp3) is 0.167. The van der Waals surface area contributed by atoms with Crippen LogP contribution in [-0.2, 0) is 6.42 Å². The van der Waals surface area contributed by atoms with Gasteiger partial charge in [-0.3, -0.25) is 0 Å². The van der Waals surface area contributed by atoms with Gasteiger partial charge in [0.25, 0.3) is 0 Å². The number of nitrogens with two attached hydrogens (primary N) is 1. The Morgan fingerprint density at radius 1 is 1.38 bits per heavy atom. The van der Waals surface area contributed by atoms with Crippen LogP contribution in [0.5, 0.6) is 0 Å². The van der Waals surface area contributed by atoms with Crippen LogP contribution in [0.1, 0.15) is 17.2 Å². The van der Waals surface area contributed by atoms with Crippen molar-refractivity contribution in [3.05, 3.63) is 56.4 Å². The number of benzene rings is 1. The maximum atomic E-state index is 13.2. The van der Waals surface area contributed by atoms with E-state index in [1.54, 1.807) is 11.3 Å². The van der Waals surface area contributed by atoms with Crippen LogP contribution >= 0.6 is 27.3 Å². The normalized spacial score (nSPS) is 12.7. The predicted molar refractivity (Wildman–Crippen MR) is 69.1 cm³/mol. The van der Waals surface area contributed by atoms with E-state index in [4.69, 9.17) is 5.73 Å². The summed E-state index contributed by atoms with van der Waals surface area (Å²) in [5.74, 6) is -0.259. The van der Waals surface area contributed by atoms with E-state index < -0.39 is 0 Å². The minimum atomic E-state index is -0.259. The summed E-state index contributed by atoms with van der Waals surface area (Å²) in [6.45, 7) is 0. The number of thiophene rings is 1. The molecular formula is C12H11BrFNS. The zero-order chi connectivity index (χ0) is 11.5. The lowest BCUT2D eigenvalue weighted by Crippen LogP contribution is -2.13. The molecule has 0 saturated carbocycles. The Morgan fingerprint density at radius 3 is 2.81 bits per heavy atom. The Morgan fingerprint density at radius 2 is 2.19 bits per heavy atom. The minimum Gasteiger partial charge on any atom is -0.324 e. The van der Waals surface area contributed by atoms with Crippen molar-refractivity contribution in [2.75, 3.05) is 0 Å². The molecule has 0 saturated heterocycles. The summed E-state index contributed by atoms with van der Waals surface area (Å²) in [6.07, 6.45) is 0.736. The summed E-state index contributed by atoms with van der Waals surface area (Å²) < 4.78 is 13.9. The summed E-state index contributed by atoms with van der Waals surface area (Å²) in [4.78, 5) is 0. The van der Waals surface area contributed by atoms with Gasteiger partial charge in [-0.1, -0.05) is 15.9 Å². The van der Waals surface area contributed by atoms with Crippen molar-refractivity contribution in [1.29, 1.82) is 0 Å². The van der Waals surface area contributed by atoms with Crippen molar-refractivity contribution in [1.82, 2.24) is 0 Å². The fourth-order valence-corrected chi connectivity index (χ4v) is 2.73. The lowest BCUT2D eigenvalue weighted by atomic mass is 10.0. The van der Waals surface area contributed by atoms with Crippen molar-refractivity contribution >= 4 is 27.3 Å². The lowest BCUT2D eigenvalue weighted by molar-refractivity contribution is 0.617. The second-order valence-corrected chi connectivity index (χ2v) is 5.34. The second-order valence-electron chi connectivity index (χ2n) is 3.64. The molecule has 0 amide bonds. The summed E-state index contributed by atoms with van der Waals surface area (Å²) >= 11 is 4.91. The quantitative estimate of drug-likeness (QED) is 0.914. The van der Waals surface area contributed by atoms with E-state index in [0.717, 1.165) is 16.5 Å². The van der Waals surface area contributed by atoms with Crippen LogP contribution in [0.4, 0.5) is 4.39 Å². The van der Waals surface area contributed by atoms with Crippen molar-refractivity contribution < 1.29 is 4.39 Å². The summed E-state index contributed by atoms with van der Waals surface area (Å²) in [5, 5.41) is 4.08. The highest BCUT2D eigenvalue weighted by Gasteiger charge is 2.09. The topological polar surface area (TPSA) is 26.0 Å². The average molecular weight is 300 g/mol. The molecule has 1 nitrogen and oxygen atoms in total. The summed E-state index contributed by atoms with van der Waals surface area (Å²) in [5.41, 5.74) is 8.05. The third kappa shape index (κ3) is 2.90. The van der Waals surface area contributed by atoms with E-state index in [1.807, 2.05) is 17.5 Å². The fourth-order valence-electron chi connectivity index (χ4n) is 1.57. The van der Waals surface area contributed by atoms with Crippen LogP contribution in [-0.4, -0.2) is 0 Å². The Hall–Kier alpha value is -0.710. The van der Waals surface area contributed by atoms with Gasteiger partial charge in [-0.25, -0.2) is 4.39 Å². The summed E-state index contributed by atoms with van der Waals surface area (Å²) in [6, 6.07) is 6.66. The molecule has 16 heavy (non-hydrogen) atoms.